The van der Waals surface area contributed by atoms with Gasteiger partial charge >= 0.3 is 0 Å². The SMILES string of the molecule is C=C/C(=C\C)c1cc(NC(=O)c2ccc(OC)cc2)c(N2C[C@@H](C)N[C@@H](C)C2)cc1F. The molecule has 2 aromatic carbocycles. The van der Waals surface area contributed by atoms with E-state index in [9.17, 15) is 4.79 Å². The van der Waals surface area contributed by atoms with Crippen LogP contribution in [0.25, 0.3) is 5.57 Å². The first-order valence-corrected chi connectivity index (χ1v) is 10.4. The van der Waals surface area contributed by atoms with Gasteiger partial charge in [0, 0.05) is 36.3 Å². The molecule has 6 heteroatoms. The van der Waals surface area contributed by atoms with Gasteiger partial charge in [-0.2, -0.15) is 0 Å². The van der Waals surface area contributed by atoms with E-state index in [1.807, 2.05) is 6.92 Å². The van der Waals surface area contributed by atoms with Crippen molar-refractivity contribution in [2.24, 2.45) is 0 Å². The zero-order valence-electron chi connectivity index (χ0n) is 18.5. The zero-order valence-corrected chi connectivity index (χ0v) is 18.5. The van der Waals surface area contributed by atoms with Gasteiger partial charge in [-0.3, -0.25) is 4.79 Å². The molecule has 1 fully saturated rings. The summed E-state index contributed by atoms with van der Waals surface area (Å²) in [7, 11) is 1.58. The summed E-state index contributed by atoms with van der Waals surface area (Å²) in [6, 6.07) is 10.6. The van der Waals surface area contributed by atoms with Gasteiger partial charge in [-0.05, 0) is 62.7 Å². The lowest BCUT2D eigenvalue weighted by molar-refractivity contribution is 0.102. The van der Waals surface area contributed by atoms with E-state index in [0.717, 1.165) is 0 Å². The van der Waals surface area contributed by atoms with Gasteiger partial charge in [0.1, 0.15) is 11.6 Å². The number of amides is 1. The van der Waals surface area contributed by atoms with Crippen molar-refractivity contribution in [3.63, 3.8) is 0 Å². The van der Waals surface area contributed by atoms with Crippen LogP contribution in [0.15, 0.2) is 55.1 Å². The Bertz CT molecular complexity index is 975. The molecule has 0 aliphatic carbocycles. The molecule has 1 amide bonds. The molecule has 2 aromatic rings. The Labute approximate surface area is 183 Å². The van der Waals surface area contributed by atoms with Gasteiger partial charge in [0.25, 0.3) is 5.91 Å². The molecule has 1 aliphatic rings. The Hall–Kier alpha value is -3.12. The molecule has 0 bridgehead atoms. The number of nitrogens with one attached hydrogen (secondary N) is 2. The molecule has 1 saturated heterocycles. The smallest absolute Gasteiger partial charge is 0.255 e. The molecule has 3 rings (SSSR count). The van der Waals surface area contributed by atoms with Crippen molar-refractivity contribution in [1.82, 2.24) is 5.32 Å². The Morgan fingerprint density at radius 1 is 1.23 bits per heavy atom. The van der Waals surface area contributed by atoms with Gasteiger partial charge in [0.05, 0.1) is 18.5 Å². The summed E-state index contributed by atoms with van der Waals surface area (Å²) in [5.41, 5.74) is 2.81. The van der Waals surface area contributed by atoms with E-state index in [4.69, 9.17) is 4.74 Å². The molecule has 5 nitrogen and oxygen atoms in total. The third kappa shape index (κ3) is 5.14. The van der Waals surface area contributed by atoms with Gasteiger partial charge < -0.3 is 20.3 Å². The summed E-state index contributed by atoms with van der Waals surface area (Å²) >= 11 is 0. The van der Waals surface area contributed by atoms with Crippen molar-refractivity contribution < 1.29 is 13.9 Å². The molecule has 0 spiro atoms. The molecule has 2 atom stereocenters. The average molecular weight is 424 g/mol. The largest absolute Gasteiger partial charge is 0.497 e. The maximum absolute atomic E-state index is 15.1. The average Bonchev–Trinajstić information content (AvgIpc) is 2.75. The van der Waals surface area contributed by atoms with Crippen LogP contribution in [0.4, 0.5) is 15.8 Å². The Morgan fingerprint density at radius 2 is 1.87 bits per heavy atom. The topological polar surface area (TPSA) is 53.6 Å². The summed E-state index contributed by atoms with van der Waals surface area (Å²) in [5, 5.41) is 6.47. The van der Waals surface area contributed by atoms with Crippen LogP contribution < -0.4 is 20.3 Å². The quantitative estimate of drug-likeness (QED) is 0.652. The fourth-order valence-corrected chi connectivity index (χ4v) is 3.99. The number of rotatable bonds is 6. The molecule has 1 heterocycles. The molecule has 1 aliphatic heterocycles. The van der Waals surface area contributed by atoms with Crippen LogP contribution in [0.2, 0.25) is 0 Å². The molecule has 0 radical (unpaired) electrons. The number of hydrogen-bond acceptors (Lipinski definition) is 4. The third-order valence-corrected chi connectivity index (χ3v) is 5.43. The highest BCUT2D eigenvalue weighted by molar-refractivity contribution is 6.06. The second-order valence-electron chi connectivity index (χ2n) is 7.85. The van der Waals surface area contributed by atoms with Gasteiger partial charge in [0.15, 0.2) is 0 Å². The Balaban J connectivity index is 2.02. The van der Waals surface area contributed by atoms with Crippen molar-refractivity contribution in [2.45, 2.75) is 32.9 Å². The maximum Gasteiger partial charge on any atom is 0.255 e. The lowest BCUT2D eigenvalue weighted by atomic mass is 10.0. The number of nitrogens with zero attached hydrogens (tertiary/aromatic N) is 1. The van der Waals surface area contributed by atoms with Crippen LogP contribution in [0.5, 0.6) is 5.75 Å². The van der Waals surface area contributed by atoms with Gasteiger partial charge in [-0.15, -0.1) is 0 Å². The first kappa shape index (κ1) is 22.6. The standard InChI is InChI=1S/C25H30FN3O2/c1-6-18(7-2)21-12-23(28-25(30)19-8-10-20(31-5)11-9-19)24(13-22(21)26)29-14-16(3)27-17(4)15-29/h6-13,16-17,27H,1,14-15H2,2-5H3,(H,28,30)/b18-7+/t16-,17+. The van der Waals surface area contributed by atoms with Crippen LogP contribution in [0, 0.1) is 5.82 Å². The van der Waals surface area contributed by atoms with Crippen LogP contribution in [0.1, 0.15) is 36.7 Å². The molecule has 31 heavy (non-hydrogen) atoms. The Kier molecular flexibility index (Phi) is 7.13. The lowest BCUT2D eigenvalue weighted by Crippen LogP contribution is -2.54. The Morgan fingerprint density at radius 3 is 2.42 bits per heavy atom. The predicted molar refractivity (Wildman–Crippen MR) is 125 cm³/mol. The minimum atomic E-state index is -0.343. The molecular weight excluding hydrogens is 393 g/mol. The number of allylic oxidation sites excluding steroid dienone is 3. The number of benzene rings is 2. The van der Waals surface area contributed by atoms with Crippen molar-refractivity contribution in [1.29, 1.82) is 0 Å². The molecule has 0 unspecified atom stereocenters. The summed E-state index contributed by atoms with van der Waals surface area (Å²) < 4.78 is 20.3. The fraction of sp³-hybridized carbons (Fsp3) is 0.320. The first-order valence-electron chi connectivity index (χ1n) is 10.4. The summed E-state index contributed by atoms with van der Waals surface area (Å²) in [5.74, 6) is 0.0661. The number of anilines is 2. The lowest BCUT2D eigenvalue weighted by Gasteiger charge is -2.38. The highest BCUT2D eigenvalue weighted by Gasteiger charge is 2.25. The number of methoxy groups -OCH3 is 1. The molecule has 164 valence electrons. The number of carbonyl (C=O) groups is 1. The second-order valence-corrected chi connectivity index (χ2v) is 7.85. The molecule has 0 saturated carbocycles. The van der Waals surface area contributed by atoms with Gasteiger partial charge in [-0.1, -0.05) is 18.7 Å². The number of carbonyl (C=O) groups excluding carboxylic acids is 1. The van der Waals surface area contributed by atoms with Crippen LogP contribution >= 0.6 is 0 Å². The third-order valence-electron chi connectivity index (χ3n) is 5.43. The number of piperazine rings is 1. The van der Waals surface area contributed by atoms with E-state index < -0.39 is 0 Å². The minimum absolute atomic E-state index is 0.246. The van der Waals surface area contributed by atoms with E-state index in [1.54, 1.807) is 49.6 Å². The van der Waals surface area contributed by atoms with Crippen molar-refractivity contribution in [2.75, 3.05) is 30.4 Å². The van der Waals surface area contributed by atoms with E-state index in [1.165, 1.54) is 6.07 Å². The molecular formula is C25H30FN3O2. The summed E-state index contributed by atoms with van der Waals surface area (Å²) in [6.45, 7) is 11.2. The maximum atomic E-state index is 15.1. The monoisotopic (exact) mass is 423 g/mol. The molecule has 2 N–H and O–H groups in total. The van der Waals surface area contributed by atoms with E-state index in [-0.39, 0.29) is 23.8 Å². The van der Waals surface area contributed by atoms with E-state index in [2.05, 4.69) is 36.0 Å². The number of halogens is 1. The minimum Gasteiger partial charge on any atom is -0.497 e. The van der Waals surface area contributed by atoms with E-state index >= 15 is 4.39 Å². The highest BCUT2D eigenvalue weighted by atomic mass is 19.1. The summed E-state index contributed by atoms with van der Waals surface area (Å²) in [6.07, 6.45) is 3.41. The molecule has 0 aromatic heterocycles. The van der Waals surface area contributed by atoms with E-state index in [0.29, 0.717) is 46.9 Å². The first-order chi connectivity index (χ1) is 14.9. The van der Waals surface area contributed by atoms with Crippen molar-refractivity contribution in [3.05, 3.63) is 72.1 Å². The van der Waals surface area contributed by atoms with Gasteiger partial charge in [0.2, 0.25) is 0 Å². The van der Waals surface area contributed by atoms with Crippen LogP contribution in [-0.4, -0.2) is 38.2 Å². The number of hydrogen-bond donors (Lipinski definition) is 2. The van der Waals surface area contributed by atoms with Crippen LogP contribution in [0.3, 0.4) is 0 Å². The van der Waals surface area contributed by atoms with Crippen molar-refractivity contribution in [3.8, 4) is 5.75 Å². The fourth-order valence-electron chi connectivity index (χ4n) is 3.99. The predicted octanol–water partition coefficient (Wildman–Crippen LogP) is 4.86. The van der Waals surface area contributed by atoms with Gasteiger partial charge in [-0.25, -0.2) is 4.39 Å². The second kappa shape index (κ2) is 9.79. The number of ether oxygens (including phenoxy) is 1. The normalized spacial score (nSPS) is 19.1. The summed E-state index contributed by atoms with van der Waals surface area (Å²) in [4.78, 5) is 15.1. The zero-order chi connectivity index (χ0) is 22.5. The highest BCUT2D eigenvalue weighted by Crippen LogP contribution is 2.34. The van der Waals surface area contributed by atoms with Crippen LogP contribution in [-0.2, 0) is 0 Å². The van der Waals surface area contributed by atoms with Crippen molar-refractivity contribution >= 4 is 22.9 Å².